The van der Waals surface area contributed by atoms with Crippen molar-refractivity contribution in [3.63, 3.8) is 0 Å². The number of pyridine rings is 1. The van der Waals surface area contributed by atoms with E-state index in [0.29, 0.717) is 31.2 Å². The van der Waals surface area contributed by atoms with E-state index in [1.807, 2.05) is 39.1 Å². The molecule has 0 unspecified atom stereocenters. The zero-order valence-electron chi connectivity index (χ0n) is 16.9. The van der Waals surface area contributed by atoms with Gasteiger partial charge in [0.25, 0.3) is 0 Å². The first-order valence-corrected chi connectivity index (χ1v) is 9.89. The predicted octanol–water partition coefficient (Wildman–Crippen LogP) is 4.11. The standard InChI is InChI=1S/C21H31N3O3/c1-20(2,3)27-19(26)24-11-9-21(4,10-12-24)16-7-8-17(22-14-16)23-18(25)13-15-5-6-15/h7-8,14-15H,5-6,9-13H2,1-4H3,(H,22,23,25). The lowest BCUT2D eigenvalue weighted by Gasteiger charge is -2.40. The summed E-state index contributed by atoms with van der Waals surface area (Å²) in [6.07, 6.45) is 6.27. The van der Waals surface area contributed by atoms with Gasteiger partial charge in [-0.2, -0.15) is 0 Å². The predicted molar refractivity (Wildman–Crippen MR) is 105 cm³/mol. The van der Waals surface area contributed by atoms with Crippen LogP contribution in [0.15, 0.2) is 18.3 Å². The van der Waals surface area contributed by atoms with Gasteiger partial charge in [0.1, 0.15) is 11.4 Å². The molecule has 6 heteroatoms. The van der Waals surface area contributed by atoms with E-state index in [-0.39, 0.29) is 17.4 Å². The van der Waals surface area contributed by atoms with Gasteiger partial charge in [0.05, 0.1) is 0 Å². The quantitative estimate of drug-likeness (QED) is 0.862. The second-order valence-corrected chi connectivity index (χ2v) is 9.16. The number of rotatable bonds is 4. The minimum atomic E-state index is -0.471. The average molecular weight is 373 g/mol. The Morgan fingerprint density at radius 1 is 1.26 bits per heavy atom. The van der Waals surface area contributed by atoms with Gasteiger partial charge in [-0.15, -0.1) is 0 Å². The fourth-order valence-electron chi connectivity index (χ4n) is 3.40. The molecule has 27 heavy (non-hydrogen) atoms. The van der Waals surface area contributed by atoms with Crippen LogP contribution in [-0.2, 0) is 14.9 Å². The van der Waals surface area contributed by atoms with Crippen molar-refractivity contribution in [1.82, 2.24) is 9.88 Å². The number of carbonyl (C=O) groups is 2. The Morgan fingerprint density at radius 3 is 2.44 bits per heavy atom. The maximum Gasteiger partial charge on any atom is 0.410 e. The van der Waals surface area contributed by atoms with Crippen LogP contribution in [0.3, 0.4) is 0 Å². The van der Waals surface area contributed by atoms with Crippen LogP contribution >= 0.6 is 0 Å². The summed E-state index contributed by atoms with van der Waals surface area (Å²) in [7, 11) is 0. The number of hydrogen-bond donors (Lipinski definition) is 1. The largest absolute Gasteiger partial charge is 0.444 e. The van der Waals surface area contributed by atoms with E-state index in [9.17, 15) is 9.59 Å². The number of ether oxygens (including phenoxy) is 1. The number of aromatic nitrogens is 1. The van der Waals surface area contributed by atoms with Gasteiger partial charge in [0.2, 0.25) is 5.91 Å². The summed E-state index contributed by atoms with van der Waals surface area (Å²) in [5.41, 5.74) is 0.648. The first-order chi connectivity index (χ1) is 12.6. The summed E-state index contributed by atoms with van der Waals surface area (Å²) in [6, 6.07) is 3.93. The minimum Gasteiger partial charge on any atom is -0.444 e. The molecule has 2 amide bonds. The highest BCUT2D eigenvalue weighted by Gasteiger charge is 2.35. The second-order valence-electron chi connectivity index (χ2n) is 9.16. The van der Waals surface area contributed by atoms with Crippen LogP contribution < -0.4 is 5.32 Å². The maximum absolute atomic E-state index is 12.2. The van der Waals surface area contributed by atoms with E-state index >= 15 is 0 Å². The van der Waals surface area contributed by atoms with E-state index < -0.39 is 5.60 Å². The Labute approximate surface area is 161 Å². The van der Waals surface area contributed by atoms with Crippen LogP contribution in [0, 0.1) is 5.92 Å². The third-order valence-corrected chi connectivity index (χ3v) is 5.42. The van der Waals surface area contributed by atoms with Crippen molar-refractivity contribution in [2.45, 2.75) is 70.8 Å². The lowest BCUT2D eigenvalue weighted by Crippen LogP contribution is -2.45. The maximum atomic E-state index is 12.2. The van der Waals surface area contributed by atoms with Gasteiger partial charge in [0, 0.05) is 25.7 Å². The molecule has 0 aromatic carbocycles. The molecule has 2 aliphatic rings. The summed E-state index contributed by atoms with van der Waals surface area (Å²) in [5, 5.41) is 2.88. The second kappa shape index (κ2) is 7.49. The molecule has 1 aliphatic carbocycles. The van der Waals surface area contributed by atoms with Crippen LogP contribution in [0.5, 0.6) is 0 Å². The topological polar surface area (TPSA) is 71.5 Å². The average Bonchev–Trinajstić information content (AvgIpc) is 3.38. The van der Waals surface area contributed by atoms with E-state index in [1.54, 1.807) is 4.90 Å². The molecule has 148 valence electrons. The fourth-order valence-corrected chi connectivity index (χ4v) is 3.40. The Hall–Kier alpha value is -2.11. The van der Waals surface area contributed by atoms with Crippen LogP contribution in [0.2, 0.25) is 0 Å². The molecule has 0 spiro atoms. The van der Waals surface area contributed by atoms with Crippen molar-refractivity contribution in [1.29, 1.82) is 0 Å². The van der Waals surface area contributed by atoms with E-state index in [2.05, 4.69) is 17.2 Å². The van der Waals surface area contributed by atoms with Crippen LogP contribution in [0.25, 0.3) is 0 Å². The minimum absolute atomic E-state index is 0.0257. The smallest absolute Gasteiger partial charge is 0.410 e. The molecular weight excluding hydrogens is 342 g/mol. The lowest BCUT2D eigenvalue weighted by atomic mass is 9.75. The molecule has 0 radical (unpaired) electrons. The molecule has 3 rings (SSSR count). The summed E-state index contributed by atoms with van der Waals surface area (Å²) in [4.78, 5) is 30.4. The number of amides is 2. The van der Waals surface area contributed by atoms with Gasteiger partial charge >= 0.3 is 6.09 Å². The lowest BCUT2D eigenvalue weighted by molar-refractivity contribution is -0.116. The van der Waals surface area contributed by atoms with Crippen LogP contribution in [0.4, 0.5) is 10.6 Å². The van der Waals surface area contributed by atoms with Crippen molar-refractivity contribution >= 4 is 17.8 Å². The number of nitrogens with one attached hydrogen (secondary N) is 1. The zero-order chi connectivity index (χ0) is 19.7. The Morgan fingerprint density at radius 2 is 1.93 bits per heavy atom. The van der Waals surface area contributed by atoms with Crippen LogP contribution in [0.1, 0.15) is 65.4 Å². The molecule has 1 aliphatic heterocycles. The number of nitrogens with zero attached hydrogens (tertiary/aromatic N) is 2. The molecule has 1 saturated carbocycles. The third kappa shape index (κ3) is 5.44. The van der Waals surface area contributed by atoms with Gasteiger partial charge in [-0.25, -0.2) is 9.78 Å². The number of likely N-dealkylation sites (tertiary alicyclic amines) is 1. The van der Waals surface area contributed by atoms with Crippen molar-refractivity contribution < 1.29 is 14.3 Å². The van der Waals surface area contributed by atoms with Crippen LogP contribution in [-0.4, -0.2) is 40.6 Å². The summed E-state index contributed by atoms with van der Waals surface area (Å²) in [6.45, 7) is 9.21. The Kier molecular flexibility index (Phi) is 5.45. The summed E-state index contributed by atoms with van der Waals surface area (Å²) in [5.74, 6) is 1.23. The molecular formula is C21H31N3O3. The highest BCUT2D eigenvalue weighted by Crippen LogP contribution is 2.36. The van der Waals surface area contributed by atoms with E-state index in [1.165, 1.54) is 12.8 Å². The Balaban J connectivity index is 1.55. The molecule has 0 atom stereocenters. The van der Waals surface area contributed by atoms with Gasteiger partial charge in [0.15, 0.2) is 0 Å². The van der Waals surface area contributed by atoms with E-state index in [0.717, 1.165) is 18.4 Å². The molecule has 1 aromatic rings. The monoisotopic (exact) mass is 373 g/mol. The summed E-state index contributed by atoms with van der Waals surface area (Å²) < 4.78 is 5.47. The molecule has 2 heterocycles. The van der Waals surface area contributed by atoms with Gasteiger partial charge in [-0.1, -0.05) is 13.0 Å². The number of anilines is 1. The van der Waals surface area contributed by atoms with Gasteiger partial charge in [-0.3, -0.25) is 4.79 Å². The van der Waals surface area contributed by atoms with Gasteiger partial charge < -0.3 is 15.0 Å². The fraction of sp³-hybridized carbons (Fsp3) is 0.667. The van der Waals surface area contributed by atoms with Gasteiger partial charge in [-0.05, 0) is 69.4 Å². The molecule has 1 aromatic heterocycles. The zero-order valence-corrected chi connectivity index (χ0v) is 16.9. The molecule has 0 bridgehead atoms. The number of piperidine rings is 1. The highest BCUT2D eigenvalue weighted by molar-refractivity contribution is 5.90. The van der Waals surface area contributed by atoms with Crippen molar-refractivity contribution in [2.75, 3.05) is 18.4 Å². The normalized spacial score (nSPS) is 19.5. The van der Waals surface area contributed by atoms with E-state index in [4.69, 9.17) is 4.74 Å². The Bertz CT molecular complexity index is 682. The third-order valence-electron chi connectivity index (χ3n) is 5.42. The molecule has 2 fully saturated rings. The SMILES string of the molecule is CC(C)(C)OC(=O)N1CCC(C)(c2ccc(NC(=O)CC3CC3)nc2)CC1. The van der Waals surface area contributed by atoms with Crippen molar-refractivity contribution in [2.24, 2.45) is 5.92 Å². The van der Waals surface area contributed by atoms with Crippen molar-refractivity contribution in [3.05, 3.63) is 23.9 Å². The highest BCUT2D eigenvalue weighted by atomic mass is 16.6. The number of hydrogen-bond acceptors (Lipinski definition) is 4. The molecule has 1 N–H and O–H groups in total. The first-order valence-electron chi connectivity index (χ1n) is 9.89. The molecule has 6 nitrogen and oxygen atoms in total. The summed E-state index contributed by atoms with van der Waals surface area (Å²) >= 11 is 0. The number of carbonyl (C=O) groups excluding carboxylic acids is 2. The first kappa shape index (κ1) is 19.6. The van der Waals surface area contributed by atoms with Crippen molar-refractivity contribution in [3.8, 4) is 0 Å². The molecule has 1 saturated heterocycles.